The molecule has 0 aliphatic carbocycles. The molecule has 0 atom stereocenters. The molecule has 0 spiro atoms. The lowest BCUT2D eigenvalue weighted by molar-refractivity contribution is -0.128. The monoisotopic (exact) mass is 170 g/mol. The van der Waals surface area contributed by atoms with E-state index in [0.717, 1.165) is 6.42 Å². The van der Waals surface area contributed by atoms with E-state index in [4.69, 9.17) is 0 Å². The minimum absolute atomic E-state index is 0.171. The molecule has 1 heteroatoms. The summed E-state index contributed by atoms with van der Waals surface area (Å²) >= 11 is 0. The molecule has 12 heavy (non-hydrogen) atoms. The Labute approximate surface area is 76.6 Å². The number of ketones is 1. The second-order valence-electron chi connectivity index (χ2n) is 5.37. The van der Waals surface area contributed by atoms with Gasteiger partial charge in [0.1, 0.15) is 5.78 Å². The van der Waals surface area contributed by atoms with Gasteiger partial charge in [0.2, 0.25) is 0 Å². The summed E-state index contributed by atoms with van der Waals surface area (Å²) in [7, 11) is 0. The van der Waals surface area contributed by atoms with Crippen LogP contribution in [0.15, 0.2) is 0 Å². The molecule has 72 valence electrons. The first-order valence-corrected chi connectivity index (χ1v) is 4.72. The zero-order valence-corrected chi connectivity index (χ0v) is 9.32. The van der Waals surface area contributed by atoms with Crippen molar-refractivity contribution >= 4 is 5.78 Å². The van der Waals surface area contributed by atoms with Crippen molar-refractivity contribution in [1.29, 1.82) is 0 Å². The number of Topliss-reactive ketones (excluding diaryl/α,β-unsaturated/α-hetero) is 1. The van der Waals surface area contributed by atoms with Gasteiger partial charge in [-0.3, -0.25) is 4.79 Å². The fraction of sp³-hybridized carbons (Fsp3) is 0.909. The molecular formula is C11H22O. The Morgan fingerprint density at radius 2 is 1.50 bits per heavy atom. The van der Waals surface area contributed by atoms with Gasteiger partial charge in [0.25, 0.3) is 0 Å². The van der Waals surface area contributed by atoms with Gasteiger partial charge in [0, 0.05) is 11.8 Å². The van der Waals surface area contributed by atoms with Crippen LogP contribution in [-0.4, -0.2) is 5.78 Å². The van der Waals surface area contributed by atoms with Gasteiger partial charge in [-0.25, -0.2) is 0 Å². The second-order valence-corrected chi connectivity index (χ2v) is 5.37. The van der Waals surface area contributed by atoms with Crippen LogP contribution in [0.2, 0.25) is 0 Å². The SMILES string of the molecule is CCC(C)(C)CC(=O)C(C)(C)C. The molecule has 0 aromatic heterocycles. The van der Waals surface area contributed by atoms with Gasteiger partial charge in [0.05, 0.1) is 0 Å². The van der Waals surface area contributed by atoms with Crippen LogP contribution in [0.1, 0.15) is 54.4 Å². The molecule has 0 bridgehead atoms. The first-order chi connectivity index (χ1) is 5.19. The third kappa shape index (κ3) is 3.89. The van der Waals surface area contributed by atoms with Crippen LogP contribution in [0.3, 0.4) is 0 Å². The maximum atomic E-state index is 11.6. The van der Waals surface area contributed by atoms with Gasteiger partial charge in [-0.1, -0.05) is 48.0 Å². The van der Waals surface area contributed by atoms with Crippen LogP contribution in [-0.2, 0) is 4.79 Å². The van der Waals surface area contributed by atoms with Crippen LogP contribution >= 0.6 is 0 Å². The zero-order chi connectivity index (χ0) is 9.99. The molecule has 0 radical (unpaired) electrons. The lowest BCUT2D eigenvalue weighted by Gasteiger charge is -2.26. The third-order valence-electron chi connectivity index (χ3n) is 2.43. The van der Waals surface area contributed by atoms with E-state index in [-0.39, 0.29) is 10.8 Å². The quantitative estimate of drug-likeness (QED) is 0.634. The fourth-order valence-electron chi connectivity index (χ4n) is 0.825. The highest BCUT2D eigenvalue weighted by molar-refractivity contribution is 5.84. The van der Waals surface area contributed by atoms with Crippen molar-refractivity contribution < 1.29 is 4.79 Å². The van der Waals surface area contributed by atoms with E-state index in [9.17, 15) is 4.79 Å². The van der Waals surface area contributed by atoms with E-state index in [2.05, 4.69) is 20.8 Å². The smallest absolute Gasteiger partial charge is 0.138 e. The number of hydrogen-bond acceptors (Lipinski definition) is 1. The molecule has 0 saturated heterocycles. The summed E-state index contributed by atoms with van der Waals surface area (Å²) in [6.07, 6.45) is 1.77. The number of carbonyl (C=O) groups excluding carboxylic acids is 1. The molecule has 0 aromatic rings. The first-order valence-electron chi connectivity index (χ1n) is 4.72. The third-order valence-corrected chi connectivity index (χ3v) is 2.43. The molecule has 0 unspecified atom stereocenters. The first kappa shape index (κ1) is 11.7. The second kappa shape index (κ2) is 3.59. The van der Waals surface area contributed by atoms with Crippen molar-refractivity contribution in [2.45, 2.75) is 54.4 Å². The predicted octanol–water partition coefficient (Wildman–Crippen LogP) is 3.43. The Kier molecular flexibility index (Phi) is 3.49. The summed E-state index contributed by atoms with van der Waals surface area (Å²) in [5.74, 6) is 0.370. The van der Waals surface area contributed by atoms with E-state index < -0.39 is 0 Å². The molecule has 0 saturated carbocycles. The normalized spacial score (nSPS) is 13.2. The molecule has 0 rings (SSSR count). The summed E-state index contributed by atoms with van der Waals surface area (Å²) in [4.78, 5) is 11.6. The van der Waals surface area contributed by atoms with E-state index >= 15 is 0 Å². The number of rotatable bonds is 3. The minimum atomic E-state index is -0.174. The molecule has 0 aliphatic heterocycles. The Hall–Kier alpha value is -0.330. The standard InChI is InChI=1S/C11H22O/c1-7-11(5,6)8-9(12)10(2,3)4/h7-8H2,1-6H3. The number of hydrogen-bond donors (Lipinski definition) is 0. The van der Waals surface area contributed by atoms with Gasteiger partial charge in [-0.15, -0.1) is 0 Å². The molecule has 0 fully saturated rings. The minimum Gasteiger partial charge on any atom is -0.299 e. The topological polar surface area (TPSA) is 17.1 Å². The molecule has 0 aliphatic rings. The largest absolute Gasteiger partial charge is 0.299 e. The van der Waals surface area contributed by atoms with Crippen molar-refractivity contribution in [2.75, 3.05) is 0 Å². The maximum Gasteiger partial charge on any atom is 0.138 e. The molecule has 0 heterocycles. The molecule has 0 N–H and O–H groups in total. The van der Waals surface area contributed by atoms with Crippen molar-refractivity contribution in [1.82, 2.24) is 0 Å². The van der Waals surface area contributed by atoms with Crippen molar-refractivity contribution in [3.8, 4) is 0 Å². The average Bonchev–Trinajstić information content (AvgIpc) is 1.85. The fourth-order valence-corrected chi connectivity index (χ4v) is 0.825. The van der Waals surface area contributed by atoms with Crippen LogP contribution in [0.4, 0.5) is 0 Å². The van der Waals surface area contributed by atoms with Crippen molar-refractivity contribution in [2.24, 2.45) is 10.8 Å². The Morgan fingerprint density at radius 1 is 1.08 bits per heavy atom. The Morgan fingerprint density at radius 3 is 1.75 bits per heavy atom. The zero-order valence-electron chi connectivity index (χ0n) is 9.32. The summed E-state index contributed by atoms with van der Waals surface area (Å²) in [6, 6.07) is 0. The lowest BCUT2D eigenvalue weighted by atomic mass is 9.78. The summed E-state index contributed by atoms with van der Waals surface area (Å²) in [6.45, 7) is 12.4. The van der Waals surface area contributed by atoms with Crippen LogP contribution < -0.4 is 0 Å². The average molecular weight is 170 g/mol. The predicted molar refractivity (Wildman–Crippen MR) is 53.2 cm³/mol. The highest BCUT2D eigenvalue weighted by atomic mass is 16.1. The van der Waals surface area contributed by atoms with Crippen LogP contribution in [0.5, 0.6) is 0 Å². The van der Waals surface area contributed by atoms with Gasteiger partial charge < -0.3 is 0 Å². The van der Waals surface area contributed by atoms with E-state index in [1.165, 1.54) is 0 Å². The highest BCUT2D eigenvalue weighted by Gasteiger charge is 2.27. The van der Waals surface area contributed by atoms with Gasteiger partial charge >= 0.3 is 0 Å². The van der Waals surface area contributed by atoms with Crippen molar-refractivity contribution in [3.63, 3.8) is 0 Å². The summed E-state index contributed by atoms with van der Waals surface area (Å²) < 4.78 is 0. The molecular weight excluding hydrogens is 148 g/mol. The maximum absolute atomic E-state index is 11.6. The van der Waals surface area contributed by atoms with E-state index in [0.29, 0.717) is 12.2 Å². The van der Waals surface area contributed by atoms with E-state index in [1.807, 2.05) is 20.8 Å². The van der Waals surface area contributed by atoms with Crippen LogP contribution in [0.25, 0.3) is 0 Å². The molecule has 0 aromatic carbocycles. The summed E-state index contributed by atoms with van der Waals surface area (Å²) in [5.41, 5.74) is -0.00317. The number of carbonyl (C=O) groups is 1. The van der Waals surface area contributed by atoms with Crippen molar-refractivity contribution in [3.05, 3.63) is 0 Å². The van der Waals surface area contributed by atoms with Gasteiger partial charge in [0.15, 0.2) is 0 Å². The molecule has 0 amide bonds. The van der Waals surface area contributed by atoms with Gasteiger partial charge in [-0.2, -0.15) is 0 Å². The highest BCUT2D eigenvalue weighted by Crippen LogP contribution is 2.29. The van der Waals surface area contributed by atoms with E-state index in [1.54, 1.807) is 0 Å². The summed E-state index contributed by atoms with van der Waals surface area (Å²) in [5, 5.41) is 0. The molecule has 1 nitrogen and oxygen atoms in total. The van der Waals surface area contributed by atoms with Crippen LogP contribution in [0, 0.1) is 10.8 Å². The van der Waals surface area contributed by atoms with Gasteiger partial charge in [-0.05, 0) is 5.41 Å². The Balaban J connectivity index is 4.20. The lowest BCUT2D eigenvalue weighted by Crippen LogP contribution is -2.26. The Bertz CT molecular complexity index is 160.